The van der Waals surface area contributed by atoms with Gasteiger partial charge < -0.3 is 9.64 Å². The highest BCUT2D eigenvalue weighted by Crippen LogP contribution is 2.17. The number of hydrogen-bond donors (Lipinski definition) is 1. The number of carbonyl (C=O) groups is 1. The van der Waals surface area contributed by atoms with E-state index in [2.05, 4.69) is 10.2 Å². The molecule has 1 N–H and O–H groups in total. The molecule has 0 aliphatic carbocycles. The summed E-state index contributed by atoms with van der Waals surface area (Å²) in [6, 6.07) is 5.65. The topological polar surface area (TPSA) is 58.2 Å². The van der Waals surface area contributed by atoms with Gasteiger partial charge in [0.15, 0.2) is 0 Å². The Labute approximate surface area is 117 Å². The van der Waals surface area contributed by atoms with Crippen LogP contribution in [0.15, 0.2) is 24.4 Å². The maximum atomic E-state index is 12.6. The van der Waals surface area contributed by atoms with E-state index >= 15 is 0 Å². The molecule has 0 bridgehead atoms. The molecule has 106 valence electrons. The van der Waals surface area contributed by atoms with Crippen LogP contribution in [0.2, 0.25) is 0 Å². The van der Waals surface area contributed by atoms with Gasteiger partial charge in [-0.05, 0) is 31.9 Å². The van der Waals surface area contributed by atoms with Crippen molar-refractivity contribution in [1.82, 2.24) is 15.1 Å². The van der Waals surface area contributed by atoms with E-state index in [-0.39, 0.29) is 12.0 Å². The summed E-state index contributed by atoms with van der Waals surface area (Å²) < 4.78 is 5.62. The first kappa shape index (κ1) is 13.1. The number of amides is 1. The zero-order valence-electron chi connectivity index (χ0n) is 11.6. The van der Waals surface area contributed by atoms with Gasteiger partial charge in [0.1, 0.15) is 0 Å². The second kappa shape index (κ2) is 5.63. The normalized spacial score (nSPS) is 18.6. The molecule has 1 atom stereocenters. The van der Waals surface area contributed by atoms with Crippen LogP contribution in [0.4, 0.5) is 0 Å². The van der Waals surface area contributed by atoms with E-state index < -0.39 is 0 Å². The predicted molar refractivity (Wildman–Crippen MR) is 76.6 cm³/mol. The number of ether oxygens (including phenoxy) is 1. The highest BCUT2D eigenvalue weighted by Gasteiger charge is 2.22. The van der Waals surface area contributed by atoms with Crippen LogP contribution in [-0.4, -0.2) is 46.8 Å². The van der Waals surface area contributed by atoms with E-state index in [1.807, 2.05) is 30.0 Å². The Kier molecular flexibility index (Phi) is 3.69. The predicted octanol–water partition coefficient (Wildman–Crippen LogP) is 2.20. The maximum Gasteiger partial charge on any atom is 0.254 e. The van der Waals surface area contributed by atoms with Crippen LogP contribution in [0.5, 0.6) is 0 Å². The molecule has 0 saturated carbocycles. The van der Waals surface area contributed by atoms with Gasteiger partial charge in [-0.2, -0.15) is 5.10 Å². The minimum absolute atomic E-state index is 0.0551. The highest BCUT2D eigenvalue weighted by atomic mass is 16.5. The largest absolute Gasteiger partial charge is 0.376 e. The molecule has 5 heteroatoms. The summed E-state index contributed by atoms with van der Waals surface area (Å²) >= 11 is 0. The molecule has 1 aromatic heterocycles. The molecule has 2 aromatic rings. The minimum Gasteiger partial charge on any atom is -0.376 e. The van der Waals surface area contributed by atoms with Crippen molar-refractivity contribution in [3.63, 3.8) is 0 Å². The second-order valence-corrected chi connectivity index (χ2v) is 5.15. The van der Waals surface area contributed by atoms with E-state index in [0.29, 0.717) is 18.7 Å². The smallest absolute Gasteiger partial charge is 0.254 e. The number of benzene rings is 1. The lowest BCUT2D eigenvalue weighted by molar-refractivity contribution is 0.0539. The molecule has 1 aromatic carbocycles. The summed E-state index contributed by atoms with van der Waals surface area (Å²) in [7, 11) is 0. The quantitative estimate of drug-likeness (QED) is 0.929. The molecular weight excluding hydrogens is 254 g/mol. The number of fused-ring (bicyclic) bond motifs is 1. The molecule has 3 rings (SSSR count). The van der Waals surface area contributed by atoms with Gasteiger partial charge in [-0.1, -0.05) is 6.07 Å². The number of rotatable bonds is 4. The van der Waals surface area contributed by atoms with Gasteiger partial charge in [0.05, 0.1) is 17.8 Å². The number of aromatic amines is 1. The fraction of sp³-hybridized carbons (Fsp3) is 0.467. The molecule has 1 amide bonds. The number of likely N-dealkylation sites (N-methyl/N-ethyl adjacent to an activating group) is 1. The van der Waals surface area contributed by atoms with E-state index in [1.165, 1.54) is 0 Å². The van der Waals surface area contributed by atoms with Crippen molar-refractivity contribution in [2.24, 2.45) is 0 Å². The van der Waals surface area contributed by atoms with Gasteiger partial charge >= 0.3 is 0 Å². The monoisotopic (exact) mass is 273 g/mol. The number of carbonyl (C=O) groups excluding carboxylic acids is 1. The number of hydrogen-bond acceptors (Lipinski definition) is 3. The third-order valence-electron chi connectivity index (χ3n) is 3.81. The summed E-state index contributed by atoms with van der Waals surface area (Å²) in [5.74, 6) is 0.0551. The Hall–Kier alpha value is -1.88. The molecule has 0 radical (unpaired) electrons. The summed E-state index contributed by atoms with van der Waals surface area (Å²) in [5, 5.41) is 7.90. The Morgan fingerprint density at radius 1 is 1.55 bits per heavy atom. The molecule has 2 heterocycles. The van der Waals surface area contributed by atoms with Crippen LogP contribution in [-0.2, 0) is 4.74 Å². The Morgan fingerprint density at radius 3 is 3.20 bits per heavy atom. The Morgan fingerprint density at radius 2 is 2.45 bits per heavy atom. The molecule has 0 spiro atoms. The molecule has 1 saturated heterocycles. The average Bonchev–Trinajstić information content (AvgIpc) is 3.14. The van der Waals surface area contributed by atoms with Crippen molar-refractivity contribution in [2.75, 3.05) is 19.7 Å². The summed E-state index contributed by atoms with van der Waals surface area (Å²) in [6.45, 7) is 4.19. The zero-order valence-corrected chi connectivity index (χ0v) is 11.6. The van der Waals surface area contributed by atoms with Crippen molar-refractivity contribution in [3.8, 4) is 0 Å². The first-order valence-corrected chi connectivity index (χ1v) is 7.12. The standard InChI is InChI=1S/C15H19N3O2/c1-2-18(10-13-4-3-7-20-13)15(19)11-5-6-12-9-16-17-14(12)8-11/h5-6,8-9,13H,2-4,7,10H2,1H3,(H,16,17). The first-order chi connectivity index (χ1) is 9.78. The first-order valence-electron chi connectivity index (χ1n) is 7.12. The summed E-state index contributed by atoms with van der Waals surface area (Å²) in [5.41, 5.74) is 1.59. The molecular formula is C15H19N3O2. The van der Waals surface area contributed by atoms with Gasteiger partial charge in [-0.3, -0.25) is 9.89 Å². The highest BCUT2D eigenvalue weighted by molar-refractivity contribution is 5.97. The molecule has 1 aliphatic heterocycles. The van der Waals surface area contributed by atoms with Crippen molar-refractivity contribution >= 4 is 16.8 Å². The molecule has 1 unspecified atom stereocenters. The van der Waals surface area contributed by atoms with Gasteiger partial charge in [0, 0.05) is 30.6 Å². The number of H-pyrrole nitrogens is 1. The molecule has 1 fully saturated rings. The number of nitrogens with zero attached hydrogens (tertiary/aromatic N) is 2. The fourth-order valence-corrected chi connectivity index (χ4v) is 2.64. The Bertz CT molecular complexity index is 602. The average molecular weight is 273 g/mol. The van der Waals surface area contributed by atoms with Crippen molar-refractivity contribution in [3.05, 3.63) is 30.0 Å². The van der Waals surface area contributed by atoms with Gasteiger partial charge in [-0.15, -0.1) is 0 Å². The van der Waals surface area contributed by atoms with Gasteiger partial charge in [0.2, 0.25) is 0 Å². The number of nitrogens with one attached hydrogen (secondary N) is 1. The van der Waals surface area contributed by atoms with Crippen LogP contribution in [0.1, 0.15) is 30.1 Å². The summed E-state index contributed by atoms with van der Waals surface area (Å²) in [6.07, 6.45) is 4.09. The Balaban J connectivity index is 1.77. The molecule has 1 aliphatic rings. The van der Waals surface area contributed by atoms with Crippen LogP contribution >= 0.6 is 0 Å². The lowest BCUT2D eigenvalue weighted by atomic mass is 10.1. The SMILES string of the molecule is CCN(CC1CCCO1)C(=O)c1ccc2cn[nH]c2c1. The van der Waals surface area contributed by atoms with Crippen molar-refractivity contribution < 1.29 is 9.53 Å². The van der Waals surface area contributed by atoms with Gasteiger partial charge in [0.25, 0.3) is 5.91 Å². The van der Waals surface area contributed by atoms with Crippen LogP contribution in [0, 0.1) is 0 Å². The molecule has 20 heavy (non-hydrogen) atoms. The fourth-order valence-electron chi connectivity index (χ4n) is 2.64. The van der Waals surface area contributed by atoms with E-state index in [9.17, 15) is 4.79 Å². The zero-order chi connectivity index (χ0) is 13.9. The van der Waals surface area contributed by atoms with Crippen molar-refractivity contribution in [1.29, 1.82) is 0 Å². The van der Waals surface area contributed by atoms with Gasteiger partial charge in [-0.25, -0.2) is 0 Å². The maximum absolute atomic E-state index is 12.6. The van der Waals surface area contributed by atoms with E-state index in [1.54, 1.807) is 6.20 Å². The lowest BCUT2D eigenvalue weighted by Gasteiger charge is -2.24. The van der Waals surface area contributed by atoms with E-state index in [4.69, 9.17) is 4.74 Å². The van der Waals surface area contributed by atoms with Crippen LogP contribution in [0.3, 0.4) is 0 Å². The summed E-state index contributed by atoms with van der Waals surface area (Å²) in [4.78, 5) is 14.4. The minimum atomic E-state index is 0.0551. The third-order valence-corrected chi connectivity index (χ3v) is 3.81. The third kappa shape index (κ3) is 2.54. The number of aromatic nitrogens is 2. The van der Waals surface area contributed by atoms with Crippen molar-refractivity contribution in [2.45, 2.75) is 25.9 Å². The van der Waals surface area contributed by atoms with E-state index in [0.717, 1.165) is 30.4 Å². The lowest BCUT2D eigenvalue weighted by Crippen LogP contribution is -2.37. The van der Waals surface area contributed by atoms with Crippen LogP contribution in [0.25, 0.3) is 10.9 Å². The van der Waals surface area contributed by atoms with Crippen LogP contribution < -0.4 is 0 Å². The second-order valence-electron chi connectivity index (χ2n) is 5.15. The molecule has 5 nitrogen and oxygen atoms in total.